The molecule has 0 radical (unpaired) electrons. The zero-order chi connectivity index (χ0) is 15.2. The summed E-state index contributed by atoms with van der Waals surface area (Å²) in [6.07, 6.45) is 2.29. The summed E-state index contributed by atoms with van der Waals surface area (Å²) in [4.78, 5) is 11.9. The fourth-order valence-electron chi connectivity index (χ4n) is 2.05. The predicted molar refractivity (Wildman–Crippen MR) is 80.8 cm³/mol. The van der Waals surface area contributed by atoms with Crippen LogP contribution in [0.25, 0.3) is 16.8 Å². The minimum atomic E-state index is -0.409. The molecule has 0 fully saturated rings. The quantitative estimate of drug-likeness (QED) is 0.690. The highest BCUT2D eigenvalue weighted by molar-refractivity contribution is 6.04. The van der Waals surface area contributed by atoms with E-state index in [-0.39, 0.29) is 11.4 Å². The fraction of sp³-hybridized carbons (Fsp3) is 0.176. The van der Waals surface area contributed by atoms with Gasteiger partial charge in [0.1, 0.15) is 17.5 Å². The third-order valence-corrected chi connectivity index (χ3v) is 3.11. The highest BCUT2D eigenvalue weighted by Gasteiger charge is 2.10. The number of carbonyl (C=O) groups is 1. The van der Waals surface area contributed by atoms with Crippen molar-refractivity contribution in [1.82, 2.24) is 5.32 Å². The second-order valence-corrected chi connectivity index (χ2v) is 4.61. The van der Waals surface area contributed by atoms with Crippen LogP contribution in [0.15, 0.2) is 42.0 Å². The molecule has 1 amide bonds. The Balaban J connectivity index is 2.46. The summed E-state index contributed by atoms with van der Waals surface area (Å²) >= 11 is 0. The Labute approximate surface area is 122 Å². The summed E-state index contributed by atoms with van der Waals surface area (Å²) in [5.74, 6) is -0.732. The normalized spacial score (nSPS) is 11.2. The van der Waals surface area contributed by atoms with Crippen molar-refractivity contribution in [2.45, 2.75) is 13.3 Å². The molecule has 2 aromatic carbocycles. The minimum Gasteiger partial charge on any atom is -0.351 e. The van der Waals surface area contributed by atoms with Gasteiger partial charge in [0.2, 0.25) is 0 Å². The molecular weight excluding hydrogens is 267 g/mol. The molecule has 1 N–H and O–H groups in total. The van der Waals surface area contributed by atoms with Crippen molar-refractivity contribution in [3.8, 4) is 6.07 Å². The van der Waals surface area contributed by atoms with Gasteiger partial charge in [0.25, 0.3) is 5.91 Å². The van der Waals surface area contributed by atoms with Gasteiger partial charge in [-0.25, -0.2) is 4.39 Å². The van der Waals surface area contributed by atoms with Crippen molar-refractivity contribution in [1.29, 1.82) is 5.26 Å². The lowest BCUT2D eigenvalue weighted by Crippen LogP contribution is -2.25. The molecule has 0 heterocycles. The lowest BCUT2D eigenvalue weighted by molar-refractivity contribution is -0.117. The van der Waals surface area contributed by atoms with Crippen LogP contribution in [-0.2, 0) is 4.79 Å². The molecule has 0 atom stereocenters. The third-order valence-electron chi connectivity index (χ3n) is 3.11. The Hall–Kier alpha value is -2.67. The molecule has 0 saturated carbocycles. The van der Waals surface area contributed by atoms with E-state index in [4.69, 9.17) is 5.26 Å². The smallest absolute Gasteiger partial charge is 0.261 e. The number of rotatable bonds is 4. The first-order valence-corrected chi connectivity index (χ1v) is 6.74. The Morgan fingerprint density at radius 1 is 1.29 bits per heavy atom. The van der Waals surface area contributed by atoms with Gasteiger partial charge in [0, 0.05) is 11.9 Å². The number of fused-ring (bicyclic) bond motifs is 1. The molecule has 0 aliphatic rings. The number of benzene rings is 2. The number of amides is 1. The Kier molecular flexibility index (Phi) is 4.68. The monoisotopic (exact) mass is 282 g/mol. The summed E-state index contributed by atoms with van der Waals surface area (Å²) in [5, 5.41) is 12.9. The maximum Gasteiger partial charge on any atom is 0.261 e. The summed E-state index contributed by atoms with van der Waals surface area (Å²) in [7, 11) is 0. The first kappa shape index (κ1) is 14.7. The highest BCUT2D eigenvalue weighted by Crippen LogP contribution is 2.23. The Morgan fingerprint density at radius 3 is 2.67 bits per heavy atom. The number of hydrogen-bond donors (Lipinski definition) is 1. The number of carbonyl (C=O) groups excluding carboxylic acids is 1. The van der Waals surface area contributed by atoms with Crippen molar-refractivity contribution in [3.63, 3.8) is 0 Å². The first-order chi connectivity index (χ1) is 10.2. The topological polar surface area (TPSA) is 52.9 Å². The van der Waals surface area contributed by atoms with E-state index < -0.39 is 5.91 Å². The maximum absolute atomic E-state index is 13.7. The molecule has 3 nitrogen and oxygen atoms in total. The maximum atomic E-state index is 13.7. The average molecular weight is 282 g/mol. The SMILES string of the molecule is CCCNC(=O)/C(C#N)=C/c1ccc(F)c2ccccc12. The van der Waals surface area contributed by atoms with Gasteiger partial charge >= 0.3 is 0 Å². The Morgan fingerprint density at radius 2 is 2.00 bits per heavy atom. The van der Waals surface area contributed by atoms with E-state index >= 15 is 0 Å². The van der Waals surface area contributed by atoms with Crippen LogP contribution in [0.3, 0.4) is 0 Å². The number of nitrogens with one attached hydrogen (secondary N) is 1. The lowest BCUT2D eigenvalue weighted by Gasteiger charge is -2.05. The molecule has 0 spiro atoms. The van der Waals surface area contributed by atoms with Gasteiger partial charge in [-0.15, -0.1) is 0 Å². The molecule has 21 heavy (non-hydrogen) atoms. The van der Waals surface area contributed by atoms with Crippen LogP contribution < -0.4 is 5.32 Å². The second-order valence-electron chi connectivity index (χ2n) is 4.61. The predicted octanol–water partition coefficient (Wildman–Crippen LogP) is 3.41. The zero-order valence-electron chi connectivity index (χ0n) is 11.7. The first-order valence-electron chi connectivity index (χ1n) is 6.74. The molecule has 0 aromatic heterocycles. The van der Waals surface area contributed by atoms with E-state index in [9.17, 15) is 9.18 Å². The van der Waals surface area contributed by atoms with Crippen LogP contribution in [0.1, 0.15) is 18.9 Å². The van der Waals surface area contributed by atoms with Crippen LogP contribution in [0, 0.1) is 17.1 Å². The number of nitrogens with zero attached hydrogens (tertiary/aromatic N) is 1. The van der Waals surface area contributed by atoms with Crippen LogP contribution >= 0.6 is 0 Å². The van der Waals surface area contributed by atoms with Gasteiger partial charge in [0.15, 0.2) is 0 Å². The third kappa shape index (κ3) is 3.26. The van der Waals surface area contributed by atoms with E-state index in [1.54, 1.807) is 30.3 Å². The largest absolute Gasteiger partial charge is 0.351 e. The molecule has 2 aromatic rings. The summed E-state index contributed by atoms with van der Waals surface area (Å²) < 4.78 is 13.7. The van der Waals surface area contributed by atoms with Gasteiger partial charge in [-0.2, -0.15) is 5.26 Å². The van der Waals surface area contributed by atoms with E-state index in [0.717, 1.165) is 6.42 Å². The molecule has 0 aliphatic heterocycles. The molecule has 0 unspecified atom stereocenters. The van der Waals surface area contributed by atoms with E-state index in [2.05, 4.69) is 5.32 Å². The lowest BCUT2D eigenvalue weighted by atomic mass is 10.0. The summed E-state index contributed by atoms with van der Waals surface area (Å²) in [5.41, 5.74) is 0.662. The number of hydrogen-bond acceptors (Lipinski definition) is 2. The van der Waals surface area contributed by atoms with Crippen molar-refractivity contribution < 1.29 is 9.18 Å². The average Bonchev–Trinajstić information content (AvgIpc) is 2.52. The Bertz CT molecular complexity index is 744. The van der Waals surface area contributed by atoms with Gasteiger partial charge in [-0.1, -0.05) is 37.3 Å². The van der Waals surface area contributed by atoms with Crippen molar-refractivity contribution in [2.75, 3.05) is 6.54 Å². The van der Waals surface area contributed by atoms with Crippen molar-refractivity contribution >= 4 is 22.8 Å². The number of halogens is 1. The van der Waals surface area contributed by atoms with Crippen LogP contribution in [0.5, 0.6) is 0 Å². The molecule has 0 saturated heterocycles. The standard InChI is InChI=1S/C17H15FN2O/c1-2-9-20-17(21)13(11-19)10-12-7-8-16(18)15-6-4-3-5-14(12)15/h3-8,10H,2,9H2,1H3,(H,20,21)/b13-10+. The fourth-order valence-corrected chi connectivity index (χ4v) is 2.05. The van der Waals surface area contributed by atoms with Crippen LogP contribution in [-0.4, -0.2) is 12.5 Å². The van der Waals surface area contributed by atoms with Crippen molar-refractivity contribution in [3.05, 3.63) is 53.4 Å². The van der Waals surface area contributed by atoms with E-state index in [1.165, 1.54) is 12.1 Å². The van der Waals surface area contributed by atoms with Gasteiger partial charge in [0.05, 0.1) is 0 Å². The van der Waals surface area contributed by atoms with Crippen molar-refractivity contribution in [2.24, 2.45) is 0 Å². The van der Waals surface area contributed by atoms with Gasteiger partial charge in [-0.3, -0.25) is 4.79 Å². The van der Waals surface area contributed by atoms with Gasteiger partial charge in [-0.05, 0) is 29.5 Å². The van der Waals surface area contributed by atoms with E-state index in [1.807, 2.05) is 13.0 Å². The van der Waals surface area contributed by atoms with Crippen LogP contribution in [0.4, 0.5) is 4.39 Å². The summed E-state index contributed by atoms with van der Waals surface area (Å²) in [6, 6.07) is 11.8. The number of nitriles is 1. The molecule has 4 heteroatoms. The second kappa shape index (κ2) is 6.67. The van der Waals surface area contributed by atoms with Gasteiger partial charge < -0.3 is 5.32 Å². The molecule has 2 rings (SSSR count). The van der Waals surface area contributed by atoms with E-state index in [0.29, 0.717) is 22.9 Å². The zero-order valence-corrected chi connectivity index (χ0v) is 11.7. The molecular formula is C17H15FN2O. The molecule has 106 valence electrons. The molecule has 0 bridgehead atoms. The molecule has 0 aliphatic carbocycles. The minimum absolute atomic E-state index is 0.0141. The summed E-state index contributed by atoms with van der Waals surface area (Å²) in [6.45, 7) is 2.45. The van der Waals surface area contributed by atoms with Crippen LogP contribution in [0.2, 0.25) is 0 Å². The highest BCUT2D eigenvalue weighted by atomic mass is 19.1.